The van der Waals surface area contributed by atoms with Gasteiger partial charge in [-0.25, -0.2) is 17.6 Å². The second kappa shape index (κ2) is 8.61. The Morgan fingerprint density at radius 1 is 0.774 bits per heavy atom. The predicted molar refractivity (Wildman–Crippen MR) is 101 cm³/mol. The van der Waals surface area contributed by atoms with Crippen molar-refractivity contribution in [2.45, 2.75) is 32.8 Å². The second-order valence-electron chi connectivity index (χ2n) is 7.01. The number of hydrogen-bond acceptors (Lipinski definition) is 1. The molecule has 0 N–H and O–H groups in total. The van der Waals surface area contributed by atoms with Gasteiger partial charge in [-0.3, -0.25) is 0 Å². The summed E-state index contributed by atoms with van der Waals surface area (Å²) < 4.78 is 103. The van der Waals surface area contributed by atoms with Crippen LogP contribution in [0.2, 0.25) is 0 Å². The molecule has 0 unspecified atom stereocenters. The van der Waals surface area contributed by atoms with Gasteiger partial charge in [-0.1, -0.05) is 37.6 Å². The van der Waals surface area contributed by atoms with E-state index >= 15 is 0 Å². The number of rotatable bonds is 6. The van der Waals surface area contributed by atoms with E-state index in [9.17, 15) is 30.7 Å². The molecule has 0 aliphatic carbocycles. The number of hydrogen-bond donors (Lipinski definition) is 0. The Morgan fingerprint density at radius 3 is 1.90 bits per heavy atom. The minimum Gasteiger partial charge on any atom is -0.425 e. The van der Waals surface area contributed by atoms with Gasteiger partial charge in [0.1, 0.15) is 17.2 Å². The van der Waals surface area contributed by atoms with E-state index in [1.165, 1.54) is 0 Å². The van der Waals surface area contributed by atoms with E-state index in [-0.39, 0.29) is 5.56 Å². The van der Waals surface area contributed by atoms with E-state index in [2.05, 4.69) is 4.74 Å². The molecule has 0 bridgehead atoms. The molecule has 164 valence electrons. The zero-order valence-corrected chi connectivity index (χ0v) is 16.5. The summed E-state index contributed by atoms with van der Waals surface area (Å²) in [4.78, 5) is 0. The third kappa shape index (κ3) is 4.52. The monoisotopic (exact) mass is 442 g/mol. The highest BCUT2D eigenvalue weighted by Crippen LogP contribution is 2.38. The van der Waals surface area contributed by atoms with E-state index in [0.29, 0.717) is 23.8 Å². The summed E-state index contributed by atoms with van der Waals surface area (Å²) in [7, 11) is 0. The summed E-state index contributed by atoms with van der Waals surface area (Å²) in [6.45, 7) is 2.98. The van der Waals surface area contributed by atoms with E-state index < -0.39 is 52.1 Å². The van der Waals surface area contributed by atoms with Gasteiger partial charge in [-0.15, -0.1) is 0 Å². The molecule has 3 aromatic rings. The van der Waals surface area contributed by atoms with Crippen LogP contribution in [0.4, 0.5) is 30.7 Å². The van der Waals surface area contributed by atoms with Crippen LogP contribution in [0.5, 0.6) is 5.75 Å². The summed E-state index contributed by atoms with van der Waals surface area (Å²) in [5.41, 5.74) is -0.885. The number of halogens is 7. The fourth-order valence-corrected chi connectivity index (χ4v) is 3.13. The predicted octanol–water partition coefficient (Wildman–Crippen LogP) is 7.44. The normalized spacial score (nSPS) is 11.6. The van der Waals surface area contributed by atoms with Gasteiger partial charge >= 0.3 is 6.11 Å². The molecule has 0 amide bonds. The minimum atomic E-state index is -4.70. The van der Waals surface area contributed by atoms with Gasteiger partial charge in [-0.2, -0.15) is 13.2 Å². The van der Waals surface area contributed by atoms with Gasteiger partial charge in [0.05, 0.1) is 0 Å². The topological polar surface area (TPSA) is 9.23 Å². The van der Waals surface area contributed by atoms with Crippen molar-refractivity contribution in [1.29, 1.82) is 0 Å². The van der Waals surface area contributed by atoms with Crippen LogP contribution in [-0.2, 0) is 12.5 Å². The van der Waals surface area contributed by atoms with E-state index in [1.54, 1.807) is 24.3 Å². The van der Waals surface area contributed by atoms with E-state index in [0.717, 1.165) is 25.3 Å². The maximum Gasteiger partial charge on any atom is 0.432 e. The molecule has 0 saturated carbocycles. The molecule has 0 atom stereocenters. The van der Waals surface area contributed by atoms with Crippen molar-refractivity contribution in [2.24, 2.45) is 0 Å². The van der Waals surface area contributed by atoms with Crippen molar-refractivity contribution in [2.75, 3.05) is 0 Å². The molecule has 0 saturated heterocycles. The largest absolute Gasteiger partial charge is 0.432 e. The lowest BCUT2D eigenvalue weighted by atomic mass is 10.00. The summed E-state index contributed by atoms with van der Waals surface area (Å²) in [6.07, 6.45) is -2.98. The maximum absolute atomic E-state index is 14.5. The molecule has 8 heteroatoms. The van der Waals surface area contributed by atoms with Crippen LogP contribution in [0.3, 0.4) is 0 Å². The molecule has 3 rings (SSSR count). The van der Waals surface area contributed by atoms with Crippen LogP contribution in [0.25, 0.3) is 11.1 Å². The van der Waals surface area contributed by atoms with Crippen LogP contribution < -0.4 is 4.74 Å². The molecule has 0 fully saturated rings. The fraction of sp³-hybridized carbons (Fsp3) is 0.217. The van der Waals surface area contributed by atoms with E-state index in [1.807, 2.05) is 6.92 Å². The molecule has 0 spiro atoms. The van der Waals surface area contributed by atoms with Crippen molar-refractivity contribution in [3.05, 3.63) is 88.2 Å². The Labute approximate surface area is 174 Å². The summed E-state index contributed by atoms with van der Waals surface area (Å²) in [6, 6.07) is 8.58. The highest BCUT2D eigenvalue weighted by molar-refractivity contribution is 5.64. The highest BCUT2D eigenvalue weighted by atomic mass is 19.3. The molecular weight excluding hydrogens is 425 g/mol. The Hall–Kier alpha value is -3.03. The molecule has 31 heavy (non-hydrogen) atoms. The van der Waals surface area contributed by atoms with Crippen molar-refractivity contribution < 1.29 is 35.5 Å². The van der Waals surface area contributed by atoms with Crippen molar-refractivity contribution >= 4 is 0 Å². The zero-order valence-electron chi connectivity index (χ0n) is 16.5. The van der Waals surface area contributed by atoms with Crippen molar-refractivity contribution in [3.8, 4) is 16.9 Å². The Morgan fingerprint density at radius 2 is 1.35 bits per heavy atom. The summed E-state index contributed by atoms with van der Waals surface area (Å²) in [5.74, 6) is -10.3. The van der Waals surface area contributed by atoms with Gasteiger partial charge in [0, 0.05) is 0 Å². The first-order chi connectivity index (χ1) is 14.5. The molecule has 1 nitrogen and oxygen atoms in total. The lowest BCUT2D eigenvalue weighted by molar-refractivity contribution is -0.191. The Bertz CT molecular complexity index is 1080. The average molecular weight is 442 g/mol. The van der Waals surface area contributed by atoms with Crippen molar-refractivity contribution in [3.63, 3.8) is 0 Å². The van der Waals surface area contributed by atoms with Crippen LogP contribution in [0.15, 0.2) is 42.5 Å². The van der Waals surface area contributed by atoms with Gasteiger partial charge in [0.25, 0.3) is 0 Å². The van der Waals surface area contributed by atoms with Crippen LogP contribution >= 0.6 is 0 Å². The van der Waals surface area contributed by atoms with Crippen molar-refractivity contribution in [1.82, 2.24) is 0 Å². The quantitative estimate of drug-likeness (QED) is 0.285. The van der Waals surface area contributed by atoms with E-state index in [4.69, 9.17) is 0 Å². The third-order valence-corrected chi connectivity index (χ3v) is 4.69. The summed E-state index contributed by atoms with van der Waals surface area (Å²) in [5, 5.41) is 0. The van der Waals surface area contributed by atoms with Crippen LogP contribution in [0, 0.1) is 36.0 Å². The van der Waals surface area contributed by atoms with Gasteiger partial charge < -0.3 is 4.74 Å². The molecule has 0 heterocycles. The molecular formula is C23H17F7O. The lowest BCUT2D eigenvalue weighted by Crippen LogP contribution is -2.26. The second-order valence-corrected chi connectivity index (χ2v) is 7.01. The van der Waals surface area contributed by atoms with Gasteiger partial charge in [0.15, 0.2) is 17.4 Å². The SMILES string of the molecule is CCCc1ccc(-c2cc(F)c(C(F)(F)Oc3cc(C)c(F)c(F)c3F)c(F)c2)cc1. The Kier molecular flexibility index (Phi) is 6.29. The molecule has 0 radical (unpaired) electrons. The number of aryl methyl sites for hydroxylation is 2. The zero-order chi connectivity index (χ0) is 22.9. The first-order valence-corrected chi connectivity index (χ1v) is 9.35. The van der Waals surface area contributed by atoms with Crippen LogP contribution in [-0.4, -0.2) is 0 Å². The molecule has 0 aliphatic heterocycles. The third-order valence-electron chi connectivity index (χ3n) is 4.69. The highest BCUT2D eigenvalue weighted by Gasteiger charge is 2.42. The Balaban J connectivity index is 1.97. The molecule has 0 aromatic heterocycles. The lowest BCUT2D eigenvalue weighted by Gasteiger charge is -2.21. The van der Waals surface area contributed by atoms with Gasteiger partial charge in [0.2, 0.25) is 5.82 Å². The smallest absolute Gasteiger partial charge is 0.425 e. The first-order valence-electron chi connectivity index (χ1n) is 9.35. The average Bonchev–Trinajstić information content (AvgIpc) is 2.70. The standard InChI is InChI=1S/C23H17F7O/c1-3-4-13-5-7-14(8-6-13)15-10-16(24)19(17(25)11-15)23(29,30)31-18-9-12(2)20(26)22(28)21(18)27/h5-11H,3-4H2,1-2H3. The fourth-order valence-electron chi connectivity index (χ4n) is 3.13. The minimum absolute atomic E-state index is 0.00690. The molecule has 3 aromatic carbocycles. The van der Waals surface area contributed by atoms with Gasteiger partial charge in [-0.05, 0) is 53.8 Å². The number of alkyl halides is 2. The number of ether oxygens (including phenoxy) is 1. The summed E-state index contributed by atoms with van der Waals surface area (Å²) >= 11 is 0. The first kappa shape index (κ1) is 22.7. The molecule has 0 aliphatic rings. The van der Waals surface area contributed by atoms with Crippen LogP contribution in [0.1, 0.15) is 30.0 Å². The maximum atomic E-state index is 14.5. The number of benzene rings is 3.